The number of rotatable bonds is 3. The molecule has 0 unspecified atom stereocenters. The molecule has 108 valence electrons. The van der Waals surface area contributed by atoms with Gasteiger partial charge in [-0.25, -0.2) is 4.98 Å². The molecule has 0 bridgehead atoms. The molecule has 0 atom stereocenters. The van der Waals surface area contributed by atoms with E-state index >= 15 is 0 Å². The van der Waals surface area contributed by atoms with E-state index in [9.17, 15) is 4.79 Å². The predicted octanol–water partition coefficient (Wildman–Crippen LogP) is 0.959. The lowest BCUT2D eigenvalue weighted by molar-refractivity contribution is -0.119. The first kappa shape index (κ1) is 13.4. The highest BCUT2D eigenvalue weighted by atomic mass is 32.1. The molecular weight excluding hydrogens is 274 g/mol. The largest absolute Gasteiger partial charge is 0.355 e. The number of piperidine rings is 1. The lowest BCUT2D eigenvalue weighted by Crippen LogP contribution is -2.44. The Morgan fingerprint density at radius 3 is 2.95 bits per heavy atom. The zero-order chi connectivity index (χ0) is 14.1. The molecule has 0 radical (unpaired) electrons. The Morgan fingerprint density at radius 1 is 1.55 bits per heavy atom. The van der Waals surface area contributed by atoms with Crippen LogP contribution in [0, 0.1) is 0 Å². The first-order chi connectivity index (χ1) is 9.69. The van der Waals surface area contributed by atoms with E-state index < -0.39 is 0 Å². The van der Waals surface area contributed by atoms with Gasteiger partial charge in [-0.3, -0.25) is 9.20 Å². The van der Waals surface area contributed by atoms with Crippen LogP contribution >= 0.6 is 11.3 Å². The van der Waals surface area contributed by atoms with Gasteiger partial charge < -0.3 is 16.0 Å². The van der Waals surface area contributed by atoms with Gasteiger partial charge in [0.05, 0.1) is 5.69 Å². The summed E-state index contributed by atoms with van der Waals surface area (Å²) in [6, 6.07) is 0.286. The van der Waals surface area contributed by atoms with E-state index in [1.165, 1.54) is 0 Å². The number of anilines is 1. The molecule has 1 amide bonds. The topological polar surface area (TPSA) is 75.7 Å². The van der Waals surface area contributed by atoms with Gasteiger partial charge in [0.2, 0.25) is 5.91 Å². The molecule has 3 N–H and O–H groups in total. The molecule has 3 rings (SSSR count). The summed E-state index contributed by atoms with van der Waals surface area (Å²) in [5.74, 6) is 1.05. The first-order valence-electron chi connectivity index (χ1n) is 6.85. The van der Waals surface area contributed by atoms with Gasteiger partial charge in [-0.05, 0) is 12.8 Å². The number of nitrogens with zero attached hydrogens (tertiary/aromatic N) is 3. The molecule has 2 aromatic heterocycles. The van der Waals surface area contributed by atoms with E-state index in [1.54, 1.807) is 18.3 Å². The van der Waals surface area contributed by atoms with Crippen molar-refractivity contribution in [1.82, 2.24) is 14.7 Å². The monoisotopic (exact) mass is 293 g/mol. The summed E-state index contributed by atoms with van der Waals surface area (Å²) in [5.41, 5.74) is 6.95. The zero-order valence-corrected chi connectivity index (χ0v) is 12.3. The van der Waals surface area contributed by atoms with Gasteiger partial charge in [0.1, 0.15) is 0 Å². The van der Waals surface area contributed by atoms with Crippen molar-refractivity contribution in [2.75, 3.05) is 18.0 Å². The molecule has 20 heavy (non-hydrogen) atoms. The van der Waals surface area contributed by atoms with Crippen molar-refractivity contribution < 1.29 is 4.79 Å². The van der Waals surface area contributed by atoms with Crippen LogP contribution in [0.1, 0.15) is 25.5 Å². The number of amides is 1. The third kappa shape index (κ3) is 2.38. The van der Waals surface area contributed by atoms with Crippen LogP contribution in [-0.2, 0) is 11.3 Å². The molecular formula is C13H19N5OS. The average Bonchev–Trinajstić information content (AvgIpc) is 2.98. The minimum Gasteiger partial charge on any atom is -0.355 e. The number of hydrogen-bond donors (Lipinski definition) is 2. The SMILES string of the molecule is CC(=O)NC1CCN(c2nc3sccn3c2CN)CC1. The minimum absolute atomic E-state index is 0.0496. The summed E-state index contributed by atoms with van der Waals surface area (Å²) in [7, 11) is 0. The Balaban J connectivity index is 1.76. The second-order valence-corrected chi connectivity index (χ2v) is 5.98. The smallest absolute Gasteiger partial charge is 0.217 e. The van der Waals surface area contributed by atoms with Crippen LogP contribution in [0.15, 0.2) is 11.6 Å². The fraction of sp³-hybridized carbons (Fsp3) is 0.538. The minimum atomic E-state index is 0.0496. The third-order valence-electron chi connectivity index (χ3n) is 3.74. The number of fused-ring (bicyclic) bond motifs is 1. The Kier molecular flexibility index (Phi) is 3.62. The number of aromatic nitrogens is 2. The van der Waals surface area contributed by atoms with Crippen LogP contribution in [0.4, 0.5) is 5.82 Å². The molecule has 0 aromatic carbocycles. The molecule has 1 saturated heterocycles. The molecule has 0 aliphatic carbocycles. The Labute approximate surface area is 121 Å². The fourth-order valence-electron chi connectivity index (χ4n) is 2.79. The molecule has 1 aliphatic rings. The van der Waals surface area contributed by atoms with Gasteiger partial charge in [-0.2, -0.15) is 0 Å². The van der Waals surface area contributed by atoms with Gasteiger partial charge in [-0.15, -0.1) is 11.3 Å². The molecule has 7 heteroatoms. The second kappa shape index (κ2) is 5.41. The quantitative estimate of drug-likeness (QED) is 0.884. The van der Waals surface area contributed by atoms with Crippen molar-refractivity contribution >= 4 is 28.0 Å². The predicted molar refractivity (Wildman–Crippen MR) is 80.0 cm³/mol. The molecule has 6 nitrogen and oxygen atoms in total. The summed E-state index contributed by atoms with van der Waals surface area (Å²) in [4.78, 5) is 19.1. The number of thiazole rings is 1. The third-order valence-corrected chi connectivity index (χ3v) is 4.49. The van der Waals surface area contributed by atoms with Crippen LogP contribution in [-0.4, -0.2) is 34.4 Å². The normalized spacial score (nSPS) is 16.8. The maximum atomic E-state index is 11.1. The van der Waals surface area contributed by atoms with E-state index in [0.717, 1.165) is 42.4 Å². The number of nitrogens with two attached hydrogens (primary N) is 1. The zero-order valence-electron chi connectivity index (χ0n) is 11.5. The van der Waals surface area contributed by atoms with E-state index in [0.29, 0.717) is 6.54 Å². The molecule has 3 heterocycles. The van der Waals surface area contributed by atoms with Crippen molar-refractivity contribution in [2.24, 2.45) is 5.73 Å². The van der Waals surface area contributed by atoms with Crippen molar-refractivity contribution in [3.8, 4) is 0 Å². The average molecular weight is 293 g/mol. The molecule has 1 fully saturated rings. The maximum Gasteiger partial charge on any atom is 0.217 e. The summed E-state index contributed by atoms with van der Waals surface area (Å²) in [6.07, 6.45) is 3.92. The lowest BCUT2D eigenvalue weighted by Gasteiger charge is -2.32. The Hall–Kier alpha value is -1.60. The van der Waals surface area contributed by atoms with Crippen LogP contribution in [0.25, 0.3) is 4.96 Å². The molecule has 1 aliphatic heterocycles. The van der Waals surface area contributed by atoms with E-state index in [1.807, 2.05) is 11.6 Å². The van der Waals surface area contributed by atoms with Gasteiger partial charge in [-0.1, -0.05) is 0 Å². The lowest BCUT2D eigenvalue weighted by atomic mass is 10.0. The van der Waals surface area contributed by atoms with Crippen molar-refractivity contribution in [2.45, 2.75) is 32.4 Å². The van der Waals surface area contributed by atoms with Crippen molar-refractivity contribution in [3.05, 3.63) is 17.3 Å². The first-order valence-corrected chi connectivity index (χ1v) is 7.73. The number of carbonyl (C=O) groups is 1. The van der Waals surface area contributed by atoms with Gasteiger partial charge >= 0.3 is 0 Å². The van der Waals surface area contributed by atoms with Crippen molar-refractivity contribution in [1.29, 1.82) is 0 Å². The van der Waals surface area contributed by atoms with Gasteiger partial charge in [0.15, 0.2) is 10.8 Å². The second-order valence-electron chi connectivity index (χ2n) is 5.10. The number of hydrogen-bond acceptors (Lipinski definition) is 5. The van der Waals surface area contributed by atoms with E-state index in [-0.39, 0.29) is 11.9 Å². The Bertz CT molecular complexity index is 611. The number of imidazole rings is 1. The summed E-state index contributed by atoms with van der Waals surface area (Å²) in [5, 5.41) is 5.01. The number of nitrogens with one attached hydrogen (secondary N) is 1. The van der Waals surface area contributed by atoms with Gasteiger partial charge in [0.25, 0.3) is 0 Å². The molecule has 2 aromatic rings. The summed E-state index contributed by atoms with van der Waals surface area (Å²) in [6.45, 7) is 3.87. The highest BCUT2D eigenvalue weighted by molar-refractivity contribution is 7.15. The van der Waals surface area contributed by atoms with Crippen molar-refractivity contribution in [3.63, 3.8) is 0 Å². The van der Waals surface area contributed by atoms with Crippen LogP contribution in [0.2, 0.25) is 0 Å². The van der Waals surface area contributed by atoms with Crippen LogP contribution < -0.4 is 16.0 Å². The molecule has 0 spiro atoms. The summed E-state index contributed by atoms with van der Waals surface area (Å²) < 4.78 is 2.07. The van der Waals surface area contributed by atoms with Crippen LogP contribution in [0.3, 0.4) is 0 Å². The fourth-order valence-corrected chi connectivity index (χ4v) is 3.52. The van der Waals surface area contributed by atoms with Gasteiger partial charge in [0, 0.05) is 44.2 Å². The summed E-state index contributed by atoms with van der Waals surface area (Å²) >= 11 is 1.62. The number of carbonyl (C=O) groups excluding carboxylic acids is 1. The van der Waals surface area contributed by atoms with Crippen LogP contribution in [0.5, 0.6) is 0 Å². The standard InChI is InChI=1S/C13H19N5OS/c1-9(19)15-10-2-4-17(5-3-10)12-11(8-14)18-6-7-20-13(18)16-12/h6-7,10H,2-5,8,14H2,1H3,(H,15,19). The maximum absolute atomic E-state index is 11.1. The highest BCUT2D eigenvalue weighted by Gasteiger charge is 2.24. The highest BCUT2D eigenvalue weighted by Crippen LogP contribution is 2.26. The Morgan fingerprint density at radius 2 is 2.30 bits per heavy atom. The van der Waals surface area contributed by atoms with E-state index in [4.69, 9.17) is 10.7 Å². The molecule has 0 saturated carbocycles. The van der Waals surface area contributed by atoms with E-state index in [2.05, 4.69) is 14.6 Å².